The molecule has 3 heterocycles. The van der Waals surface area contributed by atoms with Crippen LogP contribution >= 0.6 is 0 Å². The molecular formula is C7H13NO2. The first kappa shape index (κ1) is 6.58. The van der Waals surface area contributed by atoms with Crippen molar-refractivity contribution in [3.05, 3.63) is 0 Å². The largest absolute Gasteiger partial charge is 0.389 e. The minimum atomic E-state index is -0.576. The van der Waals surface area contributed by atoms with Gasteiger partial charge in [-0.2, -0.15) is 0 Å². The van der Waals surface area contributed by atoms with Gasteiger partial charge in [0.05, 0.1) is 6.10 Å². The Kier molecular flexibility index (Phi) is 1.44. The second kappa shape index (κ2) is 2.19. The molecule has 0 aromatic rings. The highest BCUT2D eigenvalue weighted by molar-refractivity contribution is 4.89. The Morgan fingerprint density at radius 1 is 1.10 bits per heavy atom. The summed E-state index contributed by atoms with van der Waals surface area (Å²) < 4.78 is 0. The zero-order chi connectivity index (χ0) is 7.14. The number of nitrogens with zero attached hydrogens (tertiary/aromatic N) is 1. The molecule has 0 aromatic heterocycles. The maximum absolute atomic E-state index is 9.38. The van der Waals surface area contributed by atoms with Crippen LogP contribution in [0.3, 0.4) is 0 Å². The lowest BCUT2D eigenvalue weighted by Gasteiger charge is -2.46. The van der Waals surface area contributed by atoms with E-state index in [2.05, 4.69) is 0 Å². The van der Waals surface area contributed by atoms with Gasteiger partial charge in [-0.05, 0) is 18.8 Å². The standard InChI is InChI=1S/C7H13NO2/c9-6-5-1-3-8(4-2-5)7(6)10/h5-7,9-10H,1-4H2/t6-,7?/m1/s1. The first-order valence-electron chi connectivity index (χ1n) is 3.89. The van der Waals surface area contributed by atoms with E-state index in [1.54, 1.807) is 0 Å². The van der Waals surface area contributed by atoms with Crippen LogP contribution in [0, 0.1) is 5.92 Å². The molecule has 3 saturated heterocycles. The van der Waals surface area contributed by atoms with Crippen molar-refractivity contribution < 1.29 is 10.2 Å². The van der Waals surface area contributed by atoms with E-state index in [4.69, 9.17) is 0 Å². The fourth-order valence-electron chi connectivity index (χ4n) is 1.98. The summed E-state index contributed by atoms with van der Waals surface area (Å²) in [5, 5.41) is 18.7. The predicted octanol–water partition coefficient (Wildman–Crippen LogP) is -0.609. The van der Waals surface area contributed by atoms with E-state index >= 15 is 0 Å². The van der Waals surface area contributed by atoms with E-state index in [1.165, 1.54) is 0 Å². The fourth-order valence-corrected chi connectivity index (χ4v) is 1.98. The first-order chi connectivity index (χ1) is 4.79. The van der Waals surface area contributed by atoms with E-state index in [1.807, 2.05) is 4.90 Å². The topological polar surface area (TPSA) is 43.7 Å². The molecule has 0 spiro atoms. The molecular weight excluding hydrogens is 130 g/mol. The molecule has 0 saturated carbocycles. The number of aliphatic hydroxyl groups excluding tert-OH is 2. The van der Waals surface area contributed by atoms with Crippen LogP contribution in [0.1, 0.15) is 12.8 Å². The molecule has 3 rings (SSSR count). The summed E-state index contributed by atoms with van der Waals surface area (Å²) in [7, 11) is 0. The minimum absolute atomic E-state index is 0.361. The van der Waals surface area contributed by atoms with Gasteiger partial charge in [-0.1, -0.05) is 0 Å². The zero-order valence-electron chi connectivity index (χ0n) is 5.90. The Morgan fingerprint density at radius 3 is 2.00 bits per heavy atom. The Labute approximate surface area is 60.3 Å². The van der Waals surface area contributed by atoms with Gasteiger partial charge in [-0.3, -0.25) is 4.90 Å². The molecule has 58 valence electrons. The van der Waals surface area contributed by atoms with E-state index in [9.17, 15) is 10.2 Å². The van der Waals surface area contributed by atoms with Crippen LogP contribution in [0.15, 0.2) is 0 Å². The Balaban J connectivity index is 2.13. The number of fused-ring (bicyclic) bond motifs is 3. The van der Waals surface area contributed by atoms with E-state index in [0.29, 0.717) is 5.92 Å². The Morgan fingerprint density at radius 2 is 1.70 bits per heavy atom. The quantitative estimate of drug-likeness (QED) is 0.475. The smallest absolute Gasteiger partial charge is 0.133 e. The van der Waals surface area contributed by atoms with E-state index in [0.717, 1.165) is 25.9 Å². The monoisotopic (exact) mass is 143 g/mol. The zero-order valence-corrected chi connectivity index (χ0v) is 5.90. The maximum Gasteiger partial charge on any atom is 0.133 e. The number of hydrogen-bond acceptors (Lipinski definition) is 3. The molecule has 3 aliphatic rings. The number of aliphatic hydroxyl groups is 2. The van der Waals surface area contributed by atoms with E-state index in [-0.39, 0.29) is 0 Å². The summed E-state index contributed by atoms with van der Waals surface area (Å²) in [6.07, 6.45) is 1.05. The normalized spacial score (nSPS) is 53.4. The van der Waals surface area contributed by atoms with Crippen molar-refractivity contribution in [1.82, 2.24) is 4.90 Å². The molecule has 2 atom stereocenters. The summed E-state index contributed by atoms with van der Waals surface area (Å²) in [5.74, 6) is 0.361. The van der Waals surface area contributed by atoms with Crippen LogP contribution in [-0.4, -0.2) is 40.5 Å². The molecule has 2 bridgehead atoms. The molecule has 3 fully saturated rings. The molecule has 3 aliphatic heterocycles. The lowest BCUT2D eigenvalue weighted by Crippen LogP contribution is -2.57. The Hall–Kier alpha value is -0.120. The highest BCUT2D eigenvalue weighted by atomic mass is 16.3. The van der Waals surface area contributed by atoms with Gasteiger partial charge in [-0.15, -0.1) is 0 Å². The van der Waals surface area contributed by atoms with Crippen LogP contribution < -0.4 is 0 Å². The summed E-state index contributed by atoms with van der Waals surface area (Å²) in [6.45, 7) is 1.92. The van der Waals surface area contributed by atoms with Crippen molar-refractivity contribution in [1.29, 1.82) is 0 Å². The van der Waals surface area contributed by atoms with Crippen molar-refractivity contribution in [3.63, 3.8) is 0 Å². The van der Waals surface area contributed by atoms with E-state index < -0.39 is 12.3 Å². The molecule has 0 aliphatic carbocycles. The van der Waals surface area contributed by atoms with Gasteiger partial charge in [0.15, 0.2) is 0 Å². The minimum Gasteiger partial charge on any atom is -0.389 e. The van der Waals surface area contributed by atoms with Gasteiger partial charge in [-0.25, -0.2) is 0 Å². The number of rotatable bonds is 0. The highest BCUT2D eigenvalue weighted by Crippen LogP contribution is 2.30. The van der Waals surface area contributed by atoms with Gasteiger partial charge in [0.1, 0.15) is 6.23 Å². The van der Waals surface area contributed by atoms with Crippen molar-refractivity contribution >= 4 is 0 Å². The van der Waals surface area contributed by atoms with Crippen LogP contribution in [0.4, 0.5) is 0 Å². The second-order valence-corrected chi connectivity index (χ2v) is 3.28. The summed E-state index contributed by atoms with van der Waals surface area (Å²) >= 11 is 0. The molecule has 0 aromatic carbocycles. The van der Waals surface area contributed by atoms with Gasteiger partial charge < -0.3 is 10.2 Å². The average molecular weight is 143 g/mol. The third-order valence-electron chi connectivity index (χ3n) is 2.74. The van der Waals surface area contributed by atoms with Crippen LogP contribution in [0.25, 0.3) is 0 Å². The highest BCUT2D eigenvalue weighted by Gasteiger charge is 2.39. The van der Waals surface area contributed by atoms with Gasteiger partial charge in [0.2, 0.25) is 0 Å². The molecule has 3 nitrogen and oxygen atoms in total. The third kappa shape index (κ3) is 0.779. The molecule has 10 heavy (non-hydrogen) atoms. The number of hydrogen-bond donors (Lipinski definition) is 2. The lowest BCUT2D eigenvalue weighted by molar-refractivity contribution is -0.163. The summed E-state index contributed by atoms with van der Waals surface area (Å²) in [4.78, 5) is 1.95. The predicted molar refractivity (Wildman–Crippen MR) is 36.3 cm³/mol. The van der Waals surface area contributed by atoms with Crippen molar-refractivity contribution in [3.8, 4) is 0 Å². The van der Waals surface area contributed by atoms with Crippen molar-refractivity contribution in [2.45, 2.75) is 25.2 Å². The van der Waals surface area contributed by atoms with Gasteiger partial charge >= 0.3 is 0 Å². The fraction of sp³-hybridized carbons (Fsp3) is 1.00. The second-order valence-electron chi connectivity index (χ2n) is 3.28. The lowest BCUT2D eigenvalue weighted by atomic mass is 9.85. The molecule has 3 heteroatoms. The molecule has 1 unspecified atom stereocenters. The molecule has 0 radical (unpaired) electrons. The van der Waals surface area contributed by atoms with Crippen molar-refractivity contribution in [2.24, 2.45) is 5.92 Å². The summed E-state index contributed by atoms with van der Waals surface area (Å²) in [5.41, 5.74) is 0. The van der Waals surface area contributed by atoms with Gasteiger partial charge in [0, 0.05) is 13.1 Å². The molecule has 0 amide bonds. The summed E-state index contributed by atoms with van der Waals surface area (Å²) in [6, 6.07) is 0. The number of piperidine rings is 3. The molecule has 2 N–H and O–H groups in total. The SMILES string of the molecule is OC1[C@H](O)C2CCN1CC2. The van der Waals surface area contributed by atoms with Gasteiger partial charge in [0.25, 0.3) is 0 Å². The van der Waals surface area contributed by atoms with Crippen molar-refractivity contribution in [2.75, 3.05) is 13.1 Å². The first-order valence-corrected chi connectivity index (χ1v) is 3.89. The van der Waals surface area contributed by atoms with Crippen LogP contribution in [0.5, 0.6) is 0 Å². The maximum atomic E-state index is 9.38. The van der Waals surface area contributed by atoms with Crippen LogP contribution in [0.2, 0.25) is 0 Å². The average Bonchev–Trinajstić information content (AvgIpc) is 2.00. The Bertz CT molecular complexity index is 112. The van der Waals surface area contributed by atoms with Crippen LogP contribution in [-0.2, 0) is 0 Å². The third-order valence-corrected chi connectivity index (χ3v) is 2.74.